The second-order valence-corrected chi connectivity index (χ2v) is 2.28. The molecule has 2 atom stereocenters. The highest BCUT2D eigenvalue weighted by Crippen LogP contribution is 2.18. The average Bonchev–Trinajstić information content (AvgIpc) is 2.22. The van der Waals surface area contributed by atoms with Crippen molar-refractivity contribution < 1.29 is 4.74 Å². The summed E-state index contributed by atoms with van der Waals surface area (Å²) in [4.78, 5) is 2.34. The SMILES string of the molecule is C1CN2COC1C2. The van der Waals surface area contributed by atoms with E-state index in [1.165, 1.54) is 19.5 Å². The first-order valence-corrected chi connectivity index (χ1v) is 2.79. The topological polar surface area (TPSA) is 12.5 Å². The summed E-state index contributed by atoms with van der Waals surface area (Å²) in [5, 5.41) is 0. The summed E-state index contributed by atoms with van der Waals surface area (Å²) in [6.45, 7) is 3.36. The van der Waals surface area contributed by atoms with E-state index < -0.39 is 0 Å². The van der Waals surface area contributed by atoms with Gasteiger partial charge < -0.3 is 4.74 Å². The third-order valence-corrected chi connectivity index (χ3v) is 1.72. The predicted octanol–water partition coefficient (Wildman–Crippen LogP) is 0.0484. The van der Waals surface area contributed by atoms with Gasteiger partial charge >= 0.3 is 0 Å². The van der Waals surface area contributed by atoms with E-state index in [0.717, 1.165) is 6.73 Å². The molecule has 2 heteroatoms. The maximum absolute atomic E-state index is 5.28. The number of ether oxygens (including phenoxy) is 1. The van der Waals surface area contributed by atoms with Gasteiger partial charge in [0, 0.05) is 13.1 Å². The molecule has 2 aliphatic rings. The van der Waals surface area contributed by atoms with Crippen LogP contribution in [0.3, 0.4) is 0 Å². The van der Waals surface area contributed by atoms with E-state index in [0.29, 0.717) is 6.10 Å². The van der Waals surface area contributed by atoms with Crippen LogP contribution in [0, 0.1) is 0 Å². The highest BCUT2D eigenvalue weighted by Gasteiger charge is 2.29. The fourth-order valence-electron chi connectivity index (χ4n) is 1.26. The van der Waals surface area contributed by atoms with Gasteiger partial charge in [-0.2, -0.15) is 0 Å². The number of fused-ring (bicyclic) bond motifs is 2. The highest BCUT2D eigenvalue weighted by molar-refractivity contribution is 4.78. The van der Waals surface area contributed by atoms with E-state index in [2.05, 4.69) is 4.90 Å². The largest absolute Gasteiger partial charge is 0.361 e. The van der Waals surface area contributed by atoms with Crippen molar-refractivity contribution in [1.29, 1.82) is 0 Å². The van der Waals surface area contributed by atoms with Gasteiger partial charge in [-0.25, -0.2) is 0 Å². The van der Waals surface area contributed by atoms with Gasteiger partial charge in [0.25, 0.3) is 0 Å². The van der Waals surface area contributed by atoms with Crippen molar-refractivity contribution in [2.75, 3.05) is 19.8 Å². The Morgan fingerprint density at radius 1 is 1.57 bits per heavy atom. The quantitative estimate of drug-likeness (QED) is 0.425. The van der Waals surface area contributed by atoms with Crippen LogP contribution in [0.2, 0.25) is 0 Å². The van der Waals surface area contributed by atoms with E-state index in [1.807, 2.05) is 0 Å². The van der Waals surface area contributed by atoms with Crippen LogP contribution in [0.4, 0.5) is 0 Å². The summed E-state index contributed by atoms with van der Waals surface area (Å²) in [5.41, 5.74) is 0. The third-order valence-electron chi connectivity index (χ3n) is 1.72. The molecule has 0 N–H and O–H groups in total. The van der Waals surface area contributed by atoms with Crippen LogP contribution in [-0.2, 0) is 4.74 Å². The van der Waals surface area contributed by atoms with Gasteiger partial charge in [0.1, 0.15) is 0 Å². The van der Waals surface area contributed by atoms with Crippen molar-refractivity contribution in [3.8, 4) is 0 Å². The van der Waals surface area contributed by atoms with E-state index in [-0.39, 0.29) is 0 Å². The van der Waals surface area contributed by atoms with E-state index in [4.69, 9.17) is 4.74 Å². The second-order valence-electron chi connectivity index (χ2n) is 2.28. The van der Waals surface area contributed by atoms with Crippen LogP contribution < -0.4 is 0 Å². The van der Waals surface area contributed by atoms with Gasteiger partial charge in [0.05, 0.1) is 12.8 Å². The van der Waals surface area contributed by atoms with Gasteiger partial charge in [-0.1, -0.05) is 0 Å². The molecule has 2 bridgehead atoms. The first kappa shape index (κ1) is 3.87. The molecule has 2 rings (SSSR count). The molecule has 2 saturated heterocycles. The molecule has 0 saturated carbocycles. The summed E-state index contributed by atoms with van der Waals surface area (Å²) in [6, 6.07) is 0. The summed E-state index contributed by atoms with van der Waals surface area (Å²) in [5.74, 6) is 0. The zero-order valence-corrected chi connectivity index (χ0v) is 4.26. The summed E-state index contributed by atoms with van der Waals surface area (Å²) >= 11 is 0. The molecule has 2 heterocycles. The van der Waals surface area contributed by atoms with Gasteiger partial charge in [0.2, 0.25) is 0 Å². The highest BCUT2D eigenvalue weighted by atomic mass is 16.5. The lowest BCUT2D eigenvalue weighted by Crippen LogP contribution is -2.17. The molecule has 0 amide bonds. The Bertz CT molecular complexity index is 66.1. The molecular formula is C5H9NO. The minimum atomic E-state index is 0.597. The molecular weight excluding hydrogens is 90.1 g/mol. The average molecular weight is 99.1 g/mol. The monoisotopic (exact) mass is 99.1 g/mol. The maximum atomic E-state index is 5.28. The molecule has 7 heavy (non-hydrogen) atoms. The Hall–Kier alpha value is -0.0800. The van der Waals surface area contributed by atoms with Crippen LogP contribution in [0.25, 0.3) is 0 Å². The summed E-state index contributed by atoms with van der Waals surface area (Å²) < 4.78 is 5.28. The van der Waals surface area contributed by atoms with Crippen molar-refractivity contribution in [1.82, 2.24) is 4.90 Å². The standard InChI is InChI=1S/C5H9NO/c1-2-6-3-5(1)7-4-6/h5H,1-4H2. The van der Waals surface area contributed by atoms with Crippen molar-refractivity contribution in [3.63, 3.8) is 0 Å². The minimum absolute atomic E-state index is 0.597. The minimum Gasteiger partial charge on any atom is -0.361 e. The fraction of sp³-hybridized carbons (Fsp3) is 1.00. The van der Waals surface area contributed by atoms with Crippen LogP contribution in [0.1, 0.15) is 6.42 Å². The van der Waals surface area contributed by atoms with Gasteiger partial charge in [0.15, 0.2) is 0 Å². The zero-order chi connectivity index (χ0) is 4.69. The summed E-state index contributed by atoms with van der Waals surface area (Å²) in [7, 11) is 0. The third kappa shape index (κ3) is 0.469. The predicted molar refractivity (Wildman–Crippen MR) is 25.9 cm³/mol. The molecule has 2 nitrogen and oxygen atoms in total. The molecule has 2 fully saturated rings. The van der Waals surface area contributed by atoms with E-state index >= 15 is 0 Å². The fourth-order valence-corrected chi connectivity index (χ4v) is 1.26. The number of hydrogen-bond acceptors (Lipinski definition) is 2. The lowest BCUT2D eigenvalue weighted by atomic mass is 10.3. The van der Waals surface area contributed by atoms with Crippen LogP contribution in [0.5, 0.6) is 0 Å². The number of nitrogens with zero attached hydrogens (tertiary/aromatic N) is 1. The molecule has 0 radical (unpaired) electrons. The van der Waals surface area contributed by atoms with Crippen molar-refractivity contribution in [3.05, 3.63) is 0 Å². The molecule has 40 valence electrons. The Labute approximate surface area is 43.1 Å². The maximum Gasteiger partial charge on any atom is 0.0995 e. The van der Waals surface area contributed by atoms with Gasteiger partial charge in [-0.15, -0.1) is 0 Å². The molecule has 0 aromatic carbocycles. The first-order chi connectivity index (χ1) is 3.45. The number of hydrogen-bond donors (Lipinski definition) is 0. The van der Waals surface area contributed by atoms with Crippen LogP contribution >= 0.6 is 0 Å². The molecule has 0 spiro atoms. The van der Waals surface area contributed by atoms with Gasteiger partial charge in [-0.3, -0.25) is 4.90 Å². The number of rotatable bonds is 0. The van der Waals surface area contributed by atoms with Crippen LogP contribution in [-0.4, -0.2) is 30.8 Å². The molecule has 2 unspecified atom stereocenters. The zero-order valence-electron chi connectivity index (χ0n) is 4.26. The Morgan fingerprint density at radius 3 is 2.71 bits per heavy atom. The van der Waals surface area contributed by atoms with E-state index in [1.54, 1.807) is 0 Å². The van der Waals surface area contributed by atoms with Crippen molar-refractivity contribution in [2.45, 2.75) is 12.5 Å². The lowest BCUT2D eigenvalue weighted by molar-refractivity contribution is 0.0511. The molecule has 0 aromatic heterocycles. The Balaban J connectivity index is 2.12. The van der Waals surface area contributed by atoms with E-state index in [9.17, 15) is 0 Å². The normalized spacial score (nSPS) is 48.0. The Kier molecular flexibility index (Phi) is 0.664. The molecule has 0 aliphatic carbocycles. The lowest BCUT2D eigenvalue weighted by Gasteiger charge is -2.10. The Morgan fingerprint density at radius 2 is 2.57 bits per heavy atom. The smallest absolute Gasteiger partial charge is 0.0995 e. The molecule has 0 aromatic rings. The van der Waals surface area contributed by atoms with Gasteiger partial charge in [-0.05, 0) is 6.42 Å². The second kappa shape index (κ2) is 1.20. The van der Waals surface area contributed by atoms with Crippen molar-refractivity contribution >= 4 is 0 Å². The molecule has 2 aliphatic heterocycles. The van der Waals surface area contributed by atoms with Crippen LogP contribution in [0.15, 0.2) is 0 Å². The first-order valence-electron chi connectivity index (χ1n) is 2.79. The van der Waals surface area contributed by atoms with Crippen molar-refractivity contribution in [2.24, 2.45) is 0 Å². The summed E-state index contributed by atoms with van der Waals surface area (Å²) in [6.07, 6.45) is 1.86.